The van der Waals surface area contributed by atoms with Gasteiger partial charge in [-0.15, -0.1) is 0 Å². The number of amides is 2. The molecule has 2 unspecified atom stereocenters. The summed E-state index contributed by atoms with van der Waals surface area (Å²) in [5, 5.41) is 0. The minimum atomic E-state index is -2.35. The Labute approximate surface area is 284 Å². The first-order valence-corrected chi connectivity index (χ1v) is 38.7. The fourth-order valence-corrected chi connectivity index (χ4v) is 19.0. The molecule has 4 rings (SSSR count). The maximum atomic E-state index is 14.8. The Balaban J connectivity index is 1.94. The number of thiophene rings is 2. The van der Waals surface area contributed by atoms with Crippen molar-refractivity contribution in [2.45, 2.75) is 109 Å². The summed E-state index contributed by atoms with van der Waals surface area (Å²) in [4.78, 5) is 50.5. The van der Waals surface area contributed by atoms with Gasteiger partial charge in [-0.25, -0.2) is 0 Å². The van der Waals surface area contributed by atoms with Gasteiger partial charge in [0.2, 0.25) is 0 Å². The van der Waals surface area contributed by atoms with E-state index in [4.69, 9.17) is 0 Å². The zero-order valence-corrected chi connectivity index (χ0v) is 36.4. The van der Waals surface area contributed by atoms with Crippen LogP contribution < -0.4 is 5.79 Å². The first kappa shape index (κ1) is 36.3. The van der Waals surface area contributed by atoms with Crippen LogP contribution in [0.3, 0.4) is 0 Å². The summed E-state index contributed by atoms with van der Waals surface area (Å²) in [6.45, 7) is 10.3. The average molecular weight is 850 g/mol. The molecule has 8 heteroatoms. The number of hydrogen-bond donors (Lipinski definition) is 0. The van der Waals surface area contributed by atoms with Gasteiger partial charge in [0.15, 0.2) is 0 Å². The van der Waals surface area contributed by atoms with Gasteiger partial charge in [0.25, 0.3) is 0 Å². The molecule has 0 saturated carbocycles. The van der Waals surface area contributed by atoms with E-state index in [-0.39, 0.29) is 11.8 Å². The van der Waals surface area contributed by atoms with Crippen molar-refractivity contribution in [2.24, 2.45) is 11.8 Å². The van der Waals surface area contributed by atoms with Crippen molar-refractivity contribution in [2.75, 3.05) is 13.1 Å². The number of nitrogens with zero attached hydrogens (tertiary/aromatic N) is 2. The molecular weight excluding hydrogens is 794 g/mol. The van der Waals surface area contributed by atoms with E-state index in [9.17, 15) is 9.59 Å². The van der Waals surface area contributed by atoms with Crippen LogP contribution in [0.4, 0.5) is 0 Å². The molecule has 2 atom stereocenters. The molecule has 0 bridgehead atoms. The molecule has 2 amide bonds. The van der Waals surface area contributed by atoms with E-state index in [0.29, 0.717) is 36.1 Å². The summed E-state index contributed by atoms with van der Waals surface area (Å²) in [6.07, 6.45) is 8.95. The van der Waals surface area contributed by atoms with Crippen LogP contribution in [-0.4, -0.2) is 71.5 Å². The Bertz CT molecular complexity index is 1300. The van der Waals surface area contributed by atoms with Crippen molar-refractivity contribution < 1.29 is 9.59 Å². The molecule has 4 nitrogen and oxygen atoms in total. The van der Waals surface area contributed by atoms with Crippen molar-refractivity contribution in [3.05, 3.63) is 45.2 Å². The van der Waals surface area contributed by atoms with Crippen LogP contribution in [0.15, 0.2) is 35.4 Å². The Morgan fingerprint density at radius 3 is 1.25 bits per heavy atom. The van der Waals surface area contributed by atoms with Gasteiger partial charge in [-0.3, -0.25) is 0 Å². The van der Waals surface area contributed by atoms with Crippen molar-refractivity contribution in [3.63, 3.8) is 0 Å². The molecule has 2 aromatic heterocycles. The zero-order valence-electron chi connectivity index (χ0n) is 29.1. The van der Waals surface area contributed by atoms with Crippen LogP contribution in [0.1, 0.15) is 88.8 Å². The van der Waals surface area contributed by atoms with E-state index in [1.54, 1.807) is 0 Å². The van der Waals surface area contributed by atoms with Gasteiger partial charge in [0.1, 0.15) is 0 Å². The molecule has 0 N–H and O–H groups in total. The quantitative estimate of drug-likeness (QED) is 0.158. The summed E-state index contributed by atoms with van der Waals surface area (Å²) in [6, 6.07) is 9.01. The number of carbonyl (C=O) groups is 2. The van der Waals surface area contributed by atoms with Crippen LogP contribution >= 0.6 is 22.7 Å². The molecule has 2 aliphatic rings. The third-order valence-electron chi connectivity index (χ3n) is 9.31. The SMILES string of the molecule is CCCCC(CC)CN1C(=O)C2=C(c3cc[c]([Sn]([CH3])([CH3])[CH3])s3)N(CC(CC)CCCC)C(=O)C2=C1c1cc[c]([Sn]([CH3])([CH3])[CH3])s1. The molecule has 242 valence electrons. The topological polar surface area (TPSA) is 40.6 Å². The first-order valence-electron chi connectivity index (χ1n) is 17.1. The van der Waals surface area contributed by atoms with Gasteiger partial charge >= 0.3 is 287 Å². The van der Waals surface area contributed by atoms with E-state index in [1.807, 2.05) is 32.5 Å². The van der Waals surface area contributed by atoms with Crippen LogP contribution in [0.2, 0.25) is 29.6 Å². The minimum absolute atomic E-state index is 0.0425. The fraction of sp³-hybridized carbons (Fsp3) is 0.611. The van der Waals surface area contributed by atoms with Crippen molar-refractivity contribution in [1.82, 2.24) is 9.80 Å². The second-order valence-electron chi connectivity index (χ2n) is 14.9. The fourth-order valence-electron chi connectivity index (χ4n) is 6.34. The molecule has 0 aromatic carbocycles. The maximum absolute atomic E-state index is 14.8. The average Bonchev–Trinajstić information content (AvgIpc) is 3.74. The molecule has 0 radical (unpaired) electrons. The Morgan fingerprint density at radius 1 is 0.614 bits per heavy atom. The number of hydrogen-bond acceptors (Lipinski definition) is 4. The second kappa shape index (κ2) is 15.1. The molecule has 44 heavy (non-hydrogen) atoms. The molecule has 0 spiro atoms. The summed E-state index contributed by atoms with van der Waals surface area (Å²) in [5.41, 5.74) is 3.13. The summed E-state index contributed by atoms with van der Waals surface area (Å²) < 4.78 is 2.97. The van der Waals surface area contributed by atoms with E-state index in [2.05, 4.69) is 81.6 Å². The van der Waals surface area contributed by atoms with E-state index >= 15 is 0 Å². The predicted molar refractivity (Wildman–Crippen MR) is 198 cm³/mol. The van der Waals surface area contributed by atoms with Crippen molar-refractivity contribution in [3.8, 4) is 0 Å². The van der Waals surface area contributed by atoms with Gasteiger partial charge in [0.05, 0.1) is 0 Å². The summed E-state index contributed by atoms with van der Waals surface area (Å²) >= 11 is -1.01. The molecule has 0 saturated heterocycles. The Hall–Kier alpha value is -0.583. The Morgan fingerprint density at radius 2 is 0.977 bits per heavy atom. The molecule has 0 fully saturated rings. The van der Waals surface area contributed by atoms with Gasteiger partial charge in [-0.05, 0) is 0 Å². The third-order valence-corrected chi connectivity index (χ3v) is 30.5. The number of unbranched alkanes of at least 4 members (excludes halogenated alkanes) is 2. The predicted octanol–water partition coefficient (Wildman–Crippen LogP) is 9.14. The van der Waals surface area contributed by atoms with Gasteiger partial charge in [-0.2, -0.15) is 0 Å². The Kier molecular flexibility index (Phi) is 12.4. The van der Waals surface area contributed by atoms with Crippen LogP contribution in [-0.2, 0) is 9.59 Å². The number of rotatable bonds is 16. The summed E-state index contributed by atoms with van der Waals surface area (Å²) in [7, 11) is 0. The monoisotopic (exact) mass is 852 g/mol. The van der Waals surface area contributed by atoms with Crippen molar-refractivity contribution in [1.29, 1.82) is 0 Å². The van der Waals surface area contributed by atoms with Crippen LogP contribution in [0.25, 0.3) is 11.4 Å². The molecule has 4 heterocycles. The van der Waals surface area contributed by atoms with E-state index in [1.165, 1.54) is 18.6 Å². The second-order valence-corrected chi connectivity index (χ2v) is 47.9. The number of fused-ring (bicyclic) bond motifs is 1. The first-order chi connectivity index (χ1) is 20.8. The van der Waals surface area contributed by atoms with Gasteiger partial charge in [-0.1, -0.05) is 0 Å². The number of carbonyl (C=O) groups excluding carboxylic acids is 2. The van der Waals surface area contributed by atoms with Crippen molar-refractivity contribution >= 4 is 88.4 Å². The van der Waals surface area contributed by atoms with Gasteiger partial charge in [0, 0.05) is 0 Å². The molecule has 0 aliphatic carbocycles. The molecule has 2 aliphatic heterocycles. The molecule has 2 aromatic rings. The van der Waals surface area contributed by atoms with Gasteiger partial charge < -0.3 is 0 Å². The van der Waals surface area contributed by atoms with Crippen LogP contribution in [0, 0.1) is 11.8 Å². The standard InChI is InChI=1S/C30H38N2O2S2.6CH3.2Sn/c1-5-9-13-21(7-3)19-31-27(23-15-11-17-35-23)25-26(29(31)33)28(24-16-12-18-36-24)32(30(25)34)20-22(8-4)14-10-6-2;;;;;;;;/h11-12,15-16,21-22H,5-10,13-14,19-20H2,1-4H3;6*1H3;;. The molecular formula is C36H56N2O2S2Sn2. The van der Waals surface area contributed by atoms with E-state index < -0.39 is 36.8 Å². The summed E-state index contributed by atoms with van der Waals surface area (Å²) in [5.74, 6) is 0.931. The normalized spacial score (nSPS) is 17.4. The van der Waals surface area contributed by atoms with E-state index in [0.717, 1.165) is 59.7 Å². The zero-order chi connectivity index (χ0) is 32.4. The van der Waals surface area contributed by atoms with Crippen LogP contribution in [0.5, 0.6) is 0 Å². The third kappa shape index (κ3) is 7.75.